The predicted octanol–water partition coefficient (Wildman–Crippen LogP) is 1.51. The van der Waals surface area contributed by atoms with E-state index in [4.69, 9.17) is 4.74 Å². The van der Waals surface area contributed by atoms with Crippen molar-refractivity contribution in [2.75, 3.05) is 20.2 Å². The van der Waals surface area contributed by atoms with Crippen LogP contribution in [0, 0.1) is 12.8 Å². The molecule has 0 aliphatic carbocycles. The summed E-state index contributed by atoms with van der Waals surface area (Å²) >= 11 is 0. The Kier molecular flexibility index (Phi) is 5.23. The highest BCUT2D eigenvalue weighted by atomic mass is 35.5. The van der Waals surface area contributed by atoms with E-state index >= 15 is 0 Å². The van der Waals surface area contributed by atoms with Crippen LogP contribution in [-0.4, -0.2) is 51.1 Å². The lowest BCUT2D eigenvalue weighted by Gasteiger charge is -2.37. The number of halogens is 1. The molecule has 2 aromatic heterocycles. The highest BCUT2D eigenvalue weighted by molar-refractivity contribution is 5.85. The lowest BCUT2D eigenvalue weighted by Crippen LogP contribution is -2.50. The van der Waals surface area contributed by atoms with Crippen molar-refractivity contribution < 1.29 is 14.6 Å². The zero-order valence-electron chi connectivity index (χ0n) is 12.9. The highest BCUT2D eigenvalue weighted by Gasteiger charge is 2.34. The Morgan fingerprint density at radius 3 is 2.83 bits per heavy atom. The van der Waals surface area contributed by atoms with Crippen LogP contribution in [0.5, 0.6) is 5.75 Å². The molecule has 1 aliphatic heterocycles. The van der Waals surface area contributed by atoms with Gasteiger partial charge < -0.3 is 14.8 Å². The number of ether oxygens (including phenoxy) is 1. The summed E-state index contributed by atoms with van der Waals surface area (Å²) in [7, 11) is 1.40. The summed E-state index contributed by atoms with van der Waals surface area (Å²) in [6, 6.07) is 0. The topological polar surface area (TPSA) is 91.3 Å². The summed E-state index contributed by atoms with van der Waals surface area (Å²) in [4.78, 5) is 25.0. The molecule has 124 valence electrons. The third-order valence-corrected chi connectivity index (χ3v) is 3.94. The molecule has 23 heavy (non-hydrogen) atoms. The molecule has 1 fully saturated rings. The van der Waals surface area contributed by atoms with Crippen LogP contribution in [0.1, 0.15) is 11.3 Å². The van der Waals surface area contributed by atoms with Crippen LogP contribution >= 0.6 is 12.4 Å². The number of imidazole rings is 1. The van der Waals surface area contributed by atoms with E-state index in [1.54, 1.807) is 25.5 Å². The third kappa shape index (κ3) is 3.30. The number of esters is 1. The fraction of sp³-hybridized carbons (Fsp3) is 0.400. The Morgan fingerprint density at radius 1 is 1.48 bits per heavy atom. The number of aryl methyl sites for hydroxylation is 1. The van der Waals surface area contributed by atoms with Gasteiger partial charge in [-0.05, 0) is 12.5 Å². The zero-order valence-corrected chi connectivity index (χ0v) is 13.8. The molecule has 1 saturated heterocycles. The van der Waals surface area contributed by atoms with E-state index in [1.807, 2.05) is 0 Å². The number of hydrogen-bond donors (Lipinski definition) is 2. The number of nitrogens with zero attached hydrogens (tertiary/aromatic N) is 3. The molecule has 3 heterocycles. The van der Waals surface area contributed by atoms with E-state index in [0.29, 0.717) is 36.7 Å². The van der Waals surface area contributed by atoms with Gasteiger partial charge in [-0.25, -0.2) is 4.98 Å². The van der Waals surface area contributed by atoms with Crippen LogP contribution in [0.15, 0.2) is 18.6 Å². The van der Waals surface area contributed by atoms with Gasteiger partial charge in [0.15, 0.2) is 0 Å². The van der Waals surface area contributed by atoms with Gasteiger partial charge in [-0.3, -0.25) is 14.7 Å². The molecule has 0 radical (unpaired) electrons. The van der Waals surface area contributed by atoms with Crippen molar-refractivity contribution in [1.29, 1.82) is 0 Å². The first kappa shape index (κ1) is 17.2. The maximum Gasteiger partial charge on any atom is 0.311 e. The number of methoxy groups -OCH3 is 1. The van der Waals surface area contributed by atoms with Crippen LogP contribution in [0.25, 0.3) is 11.4 Å². The van der Waals surface area contributed by atoms with Gasteiger partial charge in [0, 0.05) is 38.2 Å². The minimum absolute atomic E-state index is 0. The van der Waals surface area contributed by atoms with Gasteiger partial charge in [0.2, 0.25) is 0 Å². The van der Waals surface area contributed by atoms with Crippen LogP contribution in [0.4, 0.5) is 0 Å². The SMILES string of the molecule is COC(=O)C1CN(Cc2cnc(C)c(O)c2-c2ncc[nH]2)C1.Cl. The number of aromatic hydroxyl groups is 1. The lowest BCUT2D eigenvalue weighted by atomic mass is 9.98. The number of nitrogens with one attached hydrogen (secondary N) is 1. The molecule has 0 amide bonds. The molecular formula is C15H19ClN4O3. The zero-order chi connectivity index (χ0) is 15.7. The number of rotatable bonds is 4. The molecule has 0 bridgehead atoms. The van der Waals surface area contributed by atoms with Gasteiger partial charge in [0.05, 0.1) is 24.3 Å². The fourth-order valence-electron chi connectivity index (χ4n) is 2.68. The van der Waals surface area contributed by atoms with E-state index in [0.717, 1.165) is 5.56 Å². The minimum atomic E-state index is -0.174. The number of pyridine rings is 1. The lowest BCUT2D eigenvalue weighted by molar-refractivity contribution is -0.151. The quantitative estimate of drug-likeness (QED) is 0.821. The van der Waals surface area contributed by atoms with Crippen molar-refractivity contribution in [1.82, 2.24) is 19.9 Å². The summed E-state index contributed by atoms with van der Waals surface area (Å²) in [5, 5.41) is 10.3. The van der Waals surface area contributed by atoms with E-state index < -0.39 is 0 Å². The number of likely N-dealkylation sites (tertiary alicyclic amines) is 1. The fourth-order valence-corrected chi connectivity index (χ4v) is 2.68. The minimum Gasteiger partial charge on any atom is -0.505 e. The molecule has 0 unspecified atom stereocenters. The maximum atomic E-state index is 11.4. The van der Waals surface area contributed by atoms with E-state index in [9.17, 15) is 9.90 Å². The van der Waals surface area contributed by atoms with E-state index in [2.05, 4.69) is 19.9 Å². The normalized spacial score (nSPS) is 14.9. The second-order valence-electron chi connectivity index (χ2n) is 5.44. The van der Waals surface area contributed by atoms with Crippen molar-refractivity contribution in [3.8, 4) is 17.1 Å². The first-order valence-electron chi connectivity index (χ1n) is 7.07. The molecule has 8 heteroatoms. The number of H-pyrrole nitrogens is 1. The van der Waals surface area contributed by atoms with Gasteiger partial charge in [-0.15, -0.1) is 12.4 Å². The molecular weight excluding hydrogens is 320 g/mol. The summed E-state index contributed by atoms with van der Waals surface area (Å²) in [6.07, 6.45) is 5.11. The molecule has 3 rings (SSSR count). The van der Waals surface area contributed by atoms with Gasteiger partial charge >= 0.3 is 5.97 Å². The number of carbonyl (C=O) groups excluding carboxylic acids is 1. The Hall–Kier alpha value is -2.12. The van der Waals surface area contributed by atoms with E-state index in [1.165, 1.54) is 7.11 Å². The third-order valence-electron chi connectivity index (χ3n) is 3.94. The second-order valence-corrected chi connectivity index (χ2v) is 5.44. The highest BCUT2D eigenvalue weighted by Crippen LogP contribution is 2.33. The van der Waals surface area contributed by atoms with Crippen molar-refractivity contribution >= 4 is 18.4 Å². The summed E-state index contributed by atoms with van der Waals surface area (Å²) in [6.45, 7) is 3.66. The molecule has 7 nitrogen and oxygen atoms in total. The van der Waals surface area contributed by atoms with Crippen LogP contribution in [0.2, 0.25) is 0 Å². The Balaban J connectivity index is 0.00000192. The number of aromatic amines is 1. The smallest absolute Gasteiger partial charge is 0.311 e. The van der Waals surface area contributed by atoms with Crippen LogP contribution in [-0.2, 0) is 16.1 Å². The summed E-state index contributed by atoms with van der Waals surface area (Å²) in [5.41, 5.74) is 2.10. The van der Waals surface area contributed by atoms with Crippen molar-refractivity contribution in [3.63, 3.8) is 0 Å². The Bertz CT molecular complexity index is 684. The summed E-state index contributed by atoms with van der Waals surface area (Å²) < 4.78 is 4.74. The van der Waals surface area contributed by atoms with Crippen molar-refractivity contribution in [3.05, 3.63) is 29.8 Å². The maximum absolute atomic E-state index is 11.4. The average molecular weight is 339 g/mol. The number of aromatic nitrogens is 3. The average Bonchev–Trinajstić information content (AvgIpc) is 2.99. The van der Waals surface area contributed by atoms with E-state index in [-0.39, 0.29) is 30.0 Å². The number of hydrogen-bond acceptors (Lipinski definition) is 6. The molecule has 2 N–H and O–H groups in total. The number of carbonyl (C=O) groups is 1. The molecule has 0 aromatic carbocycles. The van der Waals surface area contributed by atoms with Crippen LogP contribution in [0.3, 0.4) is 0 Å². The molecule has 0 atom stereocenters. The van der Waals surface area contributed by atoms with Gasteiger partial charge in [0.25, 0.3) is 0 Å². The first-order chi connectivity index (χ1) is 10.6. The molecule has 1 aliphatic rings. The van der Waals surface area contributed by atoms with Gasteiger partial charge in [-0.1, -0.05) is 0 Å². The van der Waals surface area contributed by atoms with Gasteiger partial charge in [-0.2, -0.15) is 0 Å². The Labute approximate surface area is 140 Å². The Morgan fingerprint density at radius 2 is 2.22 bits per heavy atom. The van der Waals surface area contributed by atoms with Crippen molar-refractivity contribution in [2.24, 2.45) is 5.92 Å². The first-order valence-corrected chi connectivity index (χ1v) is 7.07. The van der Waals surface area contributed by atoms with Gasteiger partial charge in [0.1, 0.15) is 11.6 Å². The monoisotopic (exact) mass is 338 g/mol. The molecule has 0 saturated carbocycles. The summed E-state index contributed by atoms with van der Waals surface area (Å²) in [5.74, 6) is 0.511. The largest absolute Gasteiger partial charge is 0.505 e. The van der Waals surface area contributed by atoms with Crippen molar-refractivity contribution in [2.45, 2.75) is 13.5 Å². The second kappa shape index (κ2) is 6.97. The predicted molar refractivity (Wildman–Crippen MR) is 86.3 cm³/mol. The molecule has 0 spiro atoms. The molecule has 2 aromatic rings. The van der Waals surface area contributed by atoms with Crippen LogP contribution < -0.4 is 0 Å². The standard InChI is InChI=1S/C15H18N4O3.ClH/c1-9-13(20)12(14-16-3-4-17-14)10(5-18-9)6-19-7-11(8-19)15(21)22-2;/h3-5,11,20H,6-8H2,1-2H3,(H,16,17);1H.